The minimum Gasteiger partial charge on any atom is -0.372 e. The average Bonchev–Trinajstić information content (AvgIpc) is 2.86. The van der Waals surface area contributed by atoms with Crippen molar-refractivity contribution in [3.8, 4) is 0 Å². The quantitative estimate of drug-likeness (QED) is 0.567. The number of epoxide rings is 1. The molecule has 0 saturated carbocycles. The van der Waals surface area contributed by atoms with Crippen LogP contribution in [0.2, 0.25) is 0 Å². The first-order chi connectivity index (χ1) is 5.77. The van der Waals surface area contributed by atoms with Crippen molar-refractivity contribution in [2.45, 2.75) is 45.8 Å². The summed E-state index contributed by atoms with van der Waals surface area (Å²) >= 11 is 0. The largest absolute Gasteiger partial charge is 0.372 e. The van der Waals surface area contributed by atoms with Crippen LogP contribution in [0.3, 0.4) is 0 Å². The van der Waals surface area contributed by atoms with Gasteiger partial charge in [-0.3, -0.25) is 4.90 Å². The first kappa shape index (κ1) is 10.0. The summed E-state index contributed by atoms with van der Waals surface area (Å²) in [6.07, 6.45) is 3.04. The van der Waals surface area contributed by atoms with Gasteiger partial charge in [-0.25, -0.2) is 0 Å². The van der Waals surface area contributed by atoms with Gasteiger partial charge in [0.05, 0.1) is 12.7 Å². The summed E-state index contributed by atoms with van der Waals surface area (Å²) in [5, 5.41) is 0. The zero-order valence-corrected chi connectivity index (χ0v) is 8.55. The number of nitrogens with zero attached hydrogens (tertiary/aromatic N) is 1. The molecule has 2 heteroatoms. The summed E-state index contributed by atoms with van der Waals surface area (Å²) in [6.45, 7) is 10.1. The summed E-state index contributed by atoms with van der Waals surface area (Å²) in [4.78, 5) is 2.54. The molecule has 2 nitrogen and oxygen atoms in total. The van der Waals surface area contributed by atoms with Gasteiger partial charge in [0.25, 0.3) is 0 Å². The van der Waals surface area contributed by atoms with E-state index in [-0.39, 0.29) is 0 Å². The maximum absolute atomic E-state index is 5.24. The highest BCUT2D eigenvalue weighted by Gasteiger charge is 2.26. The van der Waals surface area contributed by atoms with E-state index >= 15 is 0 Å². The van der Waals surface area contributed by atoms with Gasteiger partial charge in [-0.15, -0.1) is 0 Å². The van der Waals surface area contributed by atoms with Crippen LogP contribution in [-0.2, 0) is 4.74 Å². The zero-order chi connectivity index (χ0) is 8.97. The average molecular weight is 171 g/mol. The van der Waals surface area contributed by atoms with Gasteiger partial charge in [-0.1, -0.05) is 13.8 Å². The van der Waals surface area contributed by atoms with Crippen molar-refractivity contribution in [2.24, 2.45) is 0 Å². The fraction of sp³-hybridized carbons (Fsp3) is 1.00. The predicted octanol–water partition coefficient (Wildman–Crippen LogP) is 1.90. The molecule has 2 atom stereocenters. The van der Waals surface area contributed by atoms with Gasteiger partial charge < -0.3 is 4.74 Å². The highest BCUT2D eigenvalue weighted by Crippen LogP contribution is 2.14. The van der Waals surface area contributed by atoms with E-state index in [9.17, 15) is 0 Å². The summed E-state index contributed by atoms with van der Waals surface area (Å²) in [6, 6.07) is 0.717. The zero-order valence-electron chi connectivity index (χ0n) is 8.55. The molecule has 1 rings (SSSR count). The van der Waals surface area contributed by atoms with Crippen LogP contribution in [-0.4, -0.2) is 36.7 Å². The van der Waals surface area contributed by atoms with Gasteiger partial charge in [0, 0.05) is 12.6 Å². The van der Waals surface area contributed by atoms with E-state index < -0.39 is 0 Å². The van der Waals surface area contributed by atoms with Crippen LogP contribution in [0.1, 0.15) is 33.6 Å². The SMILES string of the molecule is CCCN(CC1CO1)C(C)CC. The third-order valence-corrected chi connectivity index (χ3v) is 2.57. The smallest absolute Gasteiger partial charge is 0.0936 e. The lowest BCUT2D eigenvalue weighted by Crippen LogP contribution is -2.36. The minimum absolute atomic E-state index is 0.547. The van der Waals surface area contributed by atoms with E-state index in [1.807, 2.05) is 0 Å². The Kier molecular flexibility index (Phi) is 4.02. The molecule has 0 aromatic carbocycles. The van der Waals surface area contributed by atoms with Crippen LogP contribution in [0.15, 0.2) is 0 Å². The molecule has 1 aliphatic heterocycles. The van der Waals surface area contributed by atoms with Crippen LogP contribution in [0.4, 0.5) is 0 Å². The van der Waals surface area contributed by atoms with Crippen molar-refractivity contribution in [1.82, 2.24) is 4.90 Å². The van der Waals surface area contributed by atoms with Crippen LogP contribution < -0.4 is 0 Å². The molecule has 0 spiro atoms. The highest BCUT2D eigenvalue weighted by molar-refractivity contribution is 4.77. The number of rotatable bonds is 6. The molecular formula is C10H21NO. The Morgan fingerprint density at radius 1 is 1.50 bits per heavy atom. The molecule has 1 fully saturated rings. The molecule has 1 aliphatic rings. The Balaban J connectivity index is 2.24. The molecule has 1 saturated heterocycles. The summed E-state index contributed by atoms with van der Waals surface area (Å²) in [7, 11) is 0. The number of hydrogen-bond donors (Lipinski definition) is 0. The minimum atomic E-state index is 0.547. The second kappa shape index (κ2) is 4.83. The lowest BCUT2D eigenvalue weighted by atomic mass is 10.2. The first-order valence-corrected chi connectivity index (χ1v) is 5.13. The van der Waals surface area contributed by atoms with E-state index in [1.54, 1.807) is 0 Å². The predicted molar refractivity (Wildman–Crippen MR) is 51.4 cm³/mol. The summed E-state index contributed by atoms with van der Waals surface area (Å²) in [5.74, 6) is 0. The molecule has 0 N–H and O–H groups in total. The van der Waals surface area contributed by atoms with Crippen LogP contribution in [0, 0.1) is 0 Å². The van der Waals surface area contributed by atoms with Crippen molar-refractivity contribution in [2.75, 3.05) is 19.7 Å². The summed E-state index contributed by atoms with van der Waals surface area (Å²) in [5.41, 5.74) is 0. The van der Waals surface area contributed by atoms with E-state index in [0.717, 1.165) is 13.2 Å². The van der Waals surface area contributed by atoms with Gasteiger partial charge in [0.2, 0.25) is 0 Å². The van der Waals surface area contributed by atoms with Crippen molar-refractivity contribution in [3.05, 3.63) is 0 Å². The monoisotopic (exact) mass is 171 g/mol. The van der Waals surface area contributed by atoms with Gasteiger partial charge in [-0.2, -0.15) is 0 Å². The Morgan fingerprint density at radius 3 is 2.58 bits per heavy atom. The van der Waals surface area contributed by atoms with Gasteiger partial charge in [0.15, 0.2) is 0 Å². The molecule has 0 bridgehead atoms. The fourth-order valence-corrected chi connectivity index (χ4v) is 1.47. The number of hydrogen-bond acceptors (Lipinski definition) is 2. The third kappa shape index (κ3) is 3.11. The Hall–Kier alpha value is -0.0800. The van der Waals surface area contributed by atoms with E-state index in [2.05, 4.69) is 25.7 Å². The normalized spacial score (nSPS) is 24.5. The Morgan fingerprint density at radius 2 is 2.17 bits per heavy atom. The molecule has 0 radical (unpaired) electrons. The van der Waals surface area contributed by atoms with Crippen molar-refractivity contribution < 1.29 is 4.74 Å². The van der Waals surface area contributed by atoms with Crippen molar-refractivity contribution in [3.63, 3.8) is 0 Å². The molecule has 0 aromatic rings. The maximum atomic E-state index is 5.24. The molecular weight excluding hydrogens is 150 g/mol. The lowest BCUT2D eigenvalue weighted by Gasteiger charge is -2.27. The molecule has 0 aliphatic carbocycles. The lowest BCUT2D eigenvalue weighted by molar-refractivity contribution is 0.185. The Bertz CT molecular complexity index is 123. The van der Waals surface area contributed by atoms with Gasteiger partial charge in [-0.05, 0) is 26.3 Å². The van der Waals surface area contributed by atoms with Crippen molar-refractivity contribution >= 4 is 0 Å². The second-order valence-electron chi connectivity index (χ2n) is 3.71. The van der Waals surface area contributed by atoms with Crippen LogP contribution in [0.5, 0.6) is 0 Å². The van der Waals surface area contributed by atoms with E-state index in [1.165, 1.54) is 19.4 Å². The summed E-state index contributed by atoms with van der Waals surface area (Å²) < 4.78 is 5.24. The van der Waals surface area contributed by atoms with Crippen molar-refractivity contribution in [1.29, 1.82) is 0 Å². The molecule has 72 valence electrons. The van der Waals surface area contributed by atoms with Gasteiger partial charge in [0.1, 0.15) is 0 Å². The first-order valence-electron chi connectivity index (χ1n) is 5.13. The van der Waals surface area contributed by atoms with E-state index in [4.69, 9.17) is 4.74 Å². The maximum Gasteiger partial charge on any atom is 0.0936 e. The molecule has 1 heterocycles. The second-order valence-corrected chi connectivity index (χ2v) is 3.71. The molecule has 0 amide bonds. The fourth-order valence-electron chi connectivity index (χ4n) is 1.47. The van der Waals surface area contributed by atoms with E-state index in [0.29, 0.717) is 12.1 Å². The highest BCUT2D eigenvalue weighted by atomic mass is 16.6. The Labute approximate surface area is 75.9 Å². The number of ether oxygens (including phenoxy) is 1. The molecule has 2 unspecified atom stereocenters. The standard InChI is InChI=1S/C10H21NO/c1-4-6-11(9(3)5-2)7-10-8-12-10/h9-10H,4-8H2,1-3H3. The van der Waals surface area contributed by atoms with Crippen LogP contribution >= 0.6 is 0 Å². The topological polar surface area (TPSA) is 15.8 Å². The third-order valence-electron chi connectivity index (χ3n) is 2.57. The van der Waals surface area contributed by atoms with Gasteiger partial charge >= 0.3 is 0 Å². The molecule has 12 heavy (non-hydrogen) atoms. The van der Waals surface area contributed by atoms with Crippen LogP contribution in [0.25, 0.3) is 0 Å². The molecule has 0 aromatic heterocycles.